The molecule has 3 aromatic rings. The number of rotatable bonds is 3. The van der Waals surface area contributed by atoms with Gasteiger partial charge in [0.05, 0.1) is 6.04 Å². The number of carbonyl (C=O) groups excluding carboxylic acids is 1. The Hall–Kier alpha value is -2.55. The Morgan fingerprint density at radius 3 is 2.70 bits per heavy atom. The molecule has 0 aliphatic heterocycles. The van der Waals surface area contributed by atoms with Crippen molar-refractivity contribution >= 4 is 16.8 Å². The Bertz CT molecular complexity index is 731. The lowest BCUT2D eigenvalue weighted by molar-refractivity contribution is 0.0940. The summed E-state index contributed by atoms with van der Waals surface area (Å²) < 4.78 is 0. The average molecular weight is 264 g/mol. The Labute approximate surface area is 117 Å². The summed E-state index contributed by atoms with van der Waals surface area (Å²) in [5, 5.41) is 4.07. The van der Waals surface area contributed by atoms with Crippen LogP contribution in [-0.4, -0.2) is 10.9 Å². The SMILES string of the molecule is CC(NC(=O)c1ccc2[nH]ccc2c1)c1ccccc1. The molecule has 0 saturated carbocycles. The molecule has 0 aliphatic carbocycles. The second-order valence-electron chi connectivity index (χ2n) is 4.89. The predicted molar refractivity (Wildman–Crippen MR) is 80.6 cm³/mol. The van der Waals surface area contributed by atoms with Crippen LogP contribution in [0.15, 0.2) is 60.8 Å². The molecule has 1 unspecified atom stereocenters. The largest absolute Gasteiger partial charge is 0.361 e. The molecule has 0 fully saturated rings. The van der Waals surface area contributed by atoms with Gasteiger partial charge in [-0.2, -0.15) is 0 Å². The highest BCUT2D eigenvalue weighted by atomic mass is 16.1. The van der Waals surface area contributed by atoms with E-state index in [2.05, 4.69) is 10.3 Å². The van der Waals surface area contributed by atoms with Crippen LogP contribution in [0, 0.1) is 0 Å². The molecular weight excluding hydrogens is 248 g/mol. The molecule has 20 heavy (non-hydrogen) atoms. The van der Waals surface area contributed by atoms with Crippen LogP contribution in [0.4, 0.5) is 0 Å². The van der Waals surface area contributed by atoms with Crippen LogP contribution in [0.2, 0.25) is 0 Å². The van der Waals surface area contributed by atoms with Gasteiger partial charge in [0, 0.05) is 22.7 Å². The highest BCUT2D eigenvalue weighted by Crippen LogP contribution is 2.16. The summed E-state index contributed by atoms with van der Waals surface area (Å²) in [6, 6.07) is 17.6. The van der Waals surface area contributed by atoms with Gasteiger partial charge in [-0.05, 0) is 36.8 Å². The van der Waals surface area contributed by atoms with Crippen LogP contribution in [0.25, 0.3) is 10.9 Å². The van der Waals surface area contributed by atoms with Gasteiger partial charge < -0.3 is 10.3 Å². The lowest BCUT2D eigenvalue weighted by Crippen LogP contribution is -2.26. The normalized spacial score (nSPS) is 12.2. The highest BCUT2D eigenvalue weighted by Gasteiger charge is 2.11. The topological polar surface area (TPSA) is 44.9 Å². The predicted octanol–water partition coefficient (Wildman–Crippen LogP) is 3.66. The van der Waals surface area contributed by atoms with Crippen molar-refractivity contribution in [2.75, 3.05) is 0 Å². The summed E-state index contributed by atoms with van der Waals surface area (Å²) in [6.45, 7) is 1.99. The third kappa shape index (κ3) is 2.43. The molecule has 2 N–H and O–H groups in total. The first-order chi connectivity index (χ1) is 9.74. The zero-order chi connectivity index (χ0) is 13.9. The van der Waals surface area contributed by atoms with Gasteiger partial charge in [-0.25, -0.2) is 0 Å². The van der Waals surface area contributed by atoms with E-state index in [1.54, 1.807) is 0 Å². The molecule has 100 valence electrons. The van der Waals surface area contributed by atoms with Gasteiger partial charge in [0.2, 0.25) is 0 Å². The molecule has 1 amide bonds. The first kappa shape index (κ1) is 12.5. The van der Waals surface area contributed by atoms with Crippen molar-refractivity contribution in [1.29, 1.82) is 0 Å². The van der Waals surface area contributed by atoms with Crippen LogP contribution in [0.5, 0.6) is 0 Å². The lowest BCUT2D eigenvalue weighted by atomic mass is 10.1. The Kier molecular flexibility index (Phi) is 3.25. The number of hydrogen-bond acceptors (Lipinski definition) is 1. The van der Waals surface area contributed by atoms with Gasteiger partial charge in [0.25, 0.3) is 5.91 Å². The number of nitrogens with one attached hydrogen (secondary N) is 2. The molecule has 0 radical (unpaired) electrons. The van der Waals surface area contributed by atoms with Crippen LogP contribution < -0.4 is 5.32 Å². The molecule has 0 aliphatic rings. The number of amides is 1. The highest BCUT2D eigenvalue weighted by molar-refractivity contribution is 5.98. The lowest BCUT2D eigenvalue weighted by Gasteiger charge is -2.14. The molecule has 0 saturated heterocycles. The fraction of sp³-hybridized carbons (Fsp3) is 0.118. The number of aromatic nitrogens is 1. The standard InChI is InChI=1S/C17H16N2O/c1-12(13-5-3-2-4-6-13)19-17(20)15-7-8-16-14(11-15)9-10-18-16/h2-12,18H,1H3,(H,19,20). The van der Waals surface area contributed by atoms with Gasteiger partial charge >= 0.3 is 0 Å². The second kappa shape index (κ2) is 5.21. The van der Waals surface area contributed by atoms with E-state index >= 15 is 0 Å². The Morgan fingerprint density at radius 2 is 1.90 bits per heavy atom. The minimum atomic E-state index is -0.0514. The van der Waals surface area contributed by atoms with Crippen LogP contribution >= 0.6 is 0 Å². The van der Waals surface area contributed by atoms with E-state index in [1.807, 2.05) is 67.7 Å². The third-order valence-electron chi connectivity index (χ3n) is 3.46. The average Bonchev–Trinajstić information content (AvgIpc) is 2.95. The molecule has 1 atom stereocenters. The van der Waals surface area contributed by atoms with Crippen molar-refractivity contribution in [2.45, 2.75) is 13.0 Å². The van der Waals surface area contributed by atoms with Crippen LogP contribution in [-0.2, 0) is 0 Å². The number of benzene rings is 2. The van der Waals surface area contributed by atoms with Crippen molar-refractivity contribution in [3.8, 4) is 0 Å². The minimum absolute atomic E-state index is 0.00868. The third-order valence-corrected chi connectivity index (χ3v) is 3.46. The summed E-state index contributed by atoms with van der Waals surface area (Å²) in [5.74, 6) is -0.0514. The van der Waals surface area contributed by atoms with Crippen LogP contribution in [0.3, 0.4) is 0 Å². The summed E-state index contributed by atoms with van der Waals surface area (Å²) in [7, 11) is 0. The number of aromatic amines is 1. The molecule has 0 bridgehead atoms. The van der Waals surface area contributed by atoms with Gasteiger partial charge in [-0.15, -0.1) is 0 Å². The molecule has 1 heterocycles. The zero-order valence-electron chi connectivity index (χ0n) is 11.3. The maximum absolute atomic E-state index is 12.3. The monoisotopic (exact) mass is 264 g/mol. The molecule has 0 spiro atoms. The number of carbonyl (C=O) groups is 1. The van der Waals surface area contributed by atoms with Crippen molar-refractivity contribution in [1.82, 2.24) is 10.3 Å². The van der Waals surface area contributed by atoms with Crippen molar-refractivity contribution in [3.63, 3.8) is 0 Å². The molecule has 3 heteroatoms. The fourth-order valence-corrected chi connectivity index (χ4v) is 2.30. The number of fused-ring (bicyclic) bond motifs is 1. The summed E-state index contributed by atoms with van der Waals surface area (Å²) in [6.07, 6.45) is 1.87. The van der Waals surface area contributed by atoms with E-state index in [9.17, 15) is 4.79 Å². The summed E-state index contributed by atoms with van der Waals surface area (Å²) >= 11 is 0. The van der Waals surface area contributed by atoms with Gasteiger partial charge in [0.15, 0.2) is 0 Å². The van der Waals surface area contributed by atoms with Crippen molar-refractivity contribution < 1.29 is 4.79 Å². The van der Waals surface area contributed by atoms with Gasteiger partial charge in [0.1, 0.15) is 0 Å². The minimum Gasteiger partial charge on any atom is -0.361 e. The quantitative estimate of drug-likeness (QED) is 0.745. The maximum atomic E-state index is 12.3. The Morgan fingerprint density at radius 1 is 1.10 bits per heavy atom. The second-order valence-corrected chi connectivity index (χ2v) is 4.89. The zero-order valence-corrected chi connectivity index (χ0v) is 11.3. The van der Waals surface area contributed by atoms with Gasteiger partial charge in [-0.3, -0.25) is 4.79 Å². The molecule has 1 aromatic heterocycles. The summed E-state index contributed by atoms with van der Waals surface area (Å²) in [4.78, 5) is 15.4. The van der Waals surface area contributed by atoms with Crippen molar-refractivity contribution in [3.05, 3.63) is 71.9 Å². The maximum Gasteiger partial charge on any atom is 0.251 e. The number of H-pyrrole nitrogens is 1. The van der Waals surface area contributed by atoms with E-state index in [0.29, 0.717) is 5.56 Å². The van der Waals surface area contributed by atoms with E-state index in [4.69, 9.17) is 0 Å². The summed E-state index contributed by atoms with van der Waals surface area (Å²) in [5.41, 5.74) is 2.82. The van der Waals surface area contributed by atoms with Crippen molar-refractivity contribution in [2.24, 2.45) is 0 Å². The Balaban J connectivity index is 1.78. The van der Waals surface area contributed by atoms with Gasteiger partial charge in [-0.1, -0.05) is 30.3 Å². The number of hydrogen-bond donors (Lipinski definition) is 2. The molecule has 3 nitrogen and oxygen atoms in total. The first-order valence-corrected chi connectivity index (χ1v) is 6.67. The smallest absolute Gasteiger partial charge is 0.251 e. The molecule has 2 aromatic carbocycles. The van der Waals surface area contributed by atoms with Crippen LogP contribution in [0.1, 0.15) is 28.9 Å². The van der Waals surface area contributed by atoms with E-state index < -0.39 is 0 Å². The molecule has 3 rings (SSSR count). The fourth-order valence-electron chi connectivity index (χ4n) is 2.30. The van der Waals surface area contributed by atoms with E-state index in [0.717, 1.165) is 16.5 Å². The van der Waals surface area contributed by atoms with E-state index in [-0.39, 0.29) is 11.9 Å². The first-order valence-electron chi connectivity index (χ1n) is 6.67. The molecular formula is C17H16N2O. The van der Waals surface area contributed by atoms with E-state index in [1.165, 1.54) is 0 Å².